The highest BCUT2D eigenvalue weighted by atomic mass is 16.2. The minimum atomic E-state index is -0.198. The first kappa shape index (κ1) is 19.9. The van der Waals surface area contributed by atoms with Gasteiger partial charge in [-0.1, -0.05) is 30.3 Å². The summed E-state index contributed by atoms with van der Waals surface area (Å²) in [6.07, 6.45) is 6.91. The van der Waals surface area contributed by atoms with Gasteiger partial charge in [-0.15, -0.1) is 0 Å². The van der Waals surface area contributed by atoms with Crippen LogP contribution in [-0.4, -0.2) is 39.4 Å². The molecule has 3 heterocycles. The fourth-order valence-corrected chi connectivity index (χ4v) is 3.97. The summed E-state index contributed by atoms with van der Waals surface area (Å²) in [7, 11) is 0. The van der Waals surface area contributed by atoms with E-state index >= 15 is 0 Å². The zero-order chi connectivity index (χ0) is 20.9. The molecule has 2 atom stereocenters. The minimum Gasteiger partial charge on any atom is -0.349 e. The second kappa shape index (κ2) is 8.95. The summed E-state index contributed by atoms with van der Waals surface area (Å²) in [5.41, 5.74) is 2.50. The van der Waals surface area contributed by atoms with Crippen molar-refractivity contribution in [2.45, 2.75) is 25.8 Å². The van der Waals surface area contributed by atoms with Gasteiger partial charge in [0.25, 0.3) is 5.91 Å². The van der Waals surface area contributed by atoms with Crippen LogP contribution in [0.3, 0.4) is 0 Å². The molecule has 1 N–H and O–H groups in total. The van der Waals surface area contributed by atoms with Gasteiger partial charge in [0, 0.05) is 25.5 Å². The molecule has 154 valence electrons. The fraction of sp³-hybridized carbons (Fsp3) is 0.292. The van der Waals surface area contributed by atoms with Crippen LogP contribution >= 0.6 is 0 Å². The molecule has 2 aromatic heterocycles. The number of likely N-dealkylation sites (tertiary alicyclic amines) is 1. The van der Waals surface area contributed by atoms with Gasteiger partial charge in [0.1, 0.15) is 5.69 Å². The Kier molecular flexibility index (Phi) is 5.93. The van der Waals surface area contributed by atoms with E-state index in [0.717, 1.165) is 24.1 Å². The molecule has 6 heteroatoms. The van der Waals surface area contributed by atoms with E-state index < -0.39 is 0 Å². The second-order valence-electron chi connectivity index (χ2n) is 7.71. The Balaban J connectivity index is 1.44. The summed E-state index contributed by atoms with van der Waals surface area (Å²) in [5, 5.41) is 3.11. The number of carbonyl (C=O) groups is 2. The second-order valence-corrected chi connectivity index (χ2v) is 7.71. The topological polar surface area (TPSA) is 67.2 Å². The van der Waals surface area contributed by atoms with Gasteiger partial charge in [0.2, 0.25) is 5.91 Å². The predicted octanol–water partition coefficient (Wildman–Crippen LogP) is 3.60. The van der Waals surface area contributed by atoms with E-state index in [2.05, 4.69) is 10.3 Å². The molecule has 6 nitrogen and oxygen atoms in total. The Morgan fingerprint density at radius 3 is 2.70 bits per heavy atom. The number of carbonyl (C=O) groups excluding carboxylic acids is 2. The number of amides is 2. The summed E-state index contributed by atoms with van der Waals surface area (Å²) in [6.45, 7) is 3.08. The first-order valence-corrected chi connectivity index (χ1v) is 10.4. The molecule has 3 aromatic rings. The van der Waals surface area contributed by atoms with Gasteiger partial charge in [0.15, 0.2) is 0 Å². The predicted molar refractivity (Wildman–Crippen MR) is 115 cm³/mol. The number of benzene rings is 1. The number of hydrogen-bond donors (Lipinski definition) is 1. The van der Waals surface area contributed by atoms with Crippen LogP contribution in [-0.2, 0) is 4.79 Å². The molecule has 1 saturated heterocycles. The van der Waals surface area contributed by atoms with Gasteiger partial charge in [-0.05, 0) is 49.6 Å². The molecule has 1 aromatic carbocycles. The van der Waals surface area contributed by atoms with Crippen LogP contribution in [0, 0.1) is 5.92 Å². The maximum Gasteiger partial charge on any atom is 0.270 e. The van der Waals surface area contributed by atoms with Crippen molar-refractivity contribution in [2.75, 3.05) is 13.1 Å². The molecule has 0 spiro atoms. The third kappa shape index (κ3) is 4.27. The Labute approximate surface area is 176 Å². The van der Waals surface area contributed by atoms with E-state index in [1.165, 1.54) is 0 Å². The van der Waals surface area contributed by atoms with Crippen LogP contribution in [0.4, 0.5) is 0 Å². The lowest BCUT2D eigenvalue weighted by atomic mass is 9.96. The zero-order valence-electron chi connectivity index (χ0n) is 17.1. The van der Waals surface area contributed by atoms with Crippen LogP contribution in [0.5, 0.6) is 0 Å². The number of aromatic nitrogens is 2. The smallest absolute Gasteiger partial charge is 0.270 e. The third-order valence-electron chi connectivity index (χ3n) is 5.63. The summed E-state index contributed by atoms with van der Waals surface area (Å²) in [5.74, 6) is -0.250. The monoisotopic (exact) mass is 402 g/mol. The Hall–Kier alpha value is -3.41. The van der Waals surface area contributed by atoms with Crippen LogP contribution in [0.2, 0.25) is 0 Å². The van der Waals surface area contributed by atoms with Crippen molar-refractivity contribution in [3.05, 3.63) is 84.4 Å². The number of nitrogens with one attached hydrogen (secondary N) is 1. The maximum absolute atomic E-state index is 13.2. The molecule has 1 aliphatic heterocycles. The lowest BCUT2D eigenvalue weighted by Crippen LogP contribution is -2.46. The van der Waals surface area contributed by atoms with Crippen LogP contribution in [0.1, 0.15) is 41.9 Å². The molecule has 0 bridgehead atoms. The van der Waals surface area contributed by atoms with Crippen molar-refractivity contribution in [2.24, 2.45) is 5.92 Å². The Bertz CT molecular complexity index is 1000. The molecule has 30 heavy (non-hydrogen) atoms. The van der Waals surface area contributed by atoms with Gasteiger partial charge in [-0.2, -0.15) is 0 Å². The average Bonchev–Trinajstić information content (AvgIpc) is 3.30. The number of piperidine rings is 1. The summed E-state index contributed by atoms with van der Waals surface area (Å²) in [6, 6.07) is 17.3. The molecule has 1 aliphatic rings. The molecular formula is C24H26N4O2. The third-order valence-corrected chi connectivity index (χ3v) is 5.63. The molecule has 0 saturated carbocycles. The molecule has 1 fully saturated rings. The molecule has 0 radical (unpaired) electrons. The highest BCUT2D eigenvalue weighted by Crippen LogP contribution is 2.22. The largest absolute Gasteiger partial charge is 0.349 e. The minimum absolute atomic E-state index is 0.00601. The van der Waals surface area contributed by atoms with Crippen molar-refractivity contribution < 1.29 is 9.59 Å². The molecule has 2 amide bonds. The average molecular weight is 402 g/mol. The lowest BCUT2D eigenvalue weighted by molar-refractivity contribution is -0.127. The van der Waals surface area contributed by atoms with Crippen molar-refractivity contribution in [3.8, 4) is 5.69 Å². The normalized spacial score (nSPS) is 17.4. The van der Waals surface area contributed by atoms with Crippen LogP contribution in [0.25, 0.3) is 5.69 Å². The maximum atomic E-state index is 13.2. The highest BCUT2D eigenvalue weighted by molar-refractivity contribution is 5.94. The van der Waals surface area contributed by atoms with E-state index in [4.69, 9.17) is 0 Å². The van der Waals surface area contributed by atoms with Crippen molar-refractivity contribution in [1.82, 2.24) is 19.8 Å². The van der Waals surface area contributed by atoms with Gasteiger partial charge in [-0.3, -0.25) is 14.6 Å². The summed E-state index contributed by atoms with van der Waals surface area (Å²) in [4.78, 5) is 32.0. The van der Waals surface area contributed by atoms with E-state index in [-0.39, 0.29) is 23.8 Å². The summed E-state index contributed by atoms with van der Waals surface area (Å²) < 4.78 is 1.84. The van der Waals surface area contributed by atoms with Gasteiger partial charge in [0.05, 0.1) is 23.8 Å². The van der Waals surface area contributed by atoms with Crippen molar-refractivity contribution >= 4 is 11.8 Å². The Morgan fingerprint density at radius 2 is 1.93 bits per heavy atom. The van der Waals surface area contributed by atoms with E-state index in [0.29, 0.717) is 18.8 Å². The zero-order valence-corrected chi connectivity index (χ0v) is 17.1. The van der Waals surface area contributed by atoms with Gasteiger partial charge >= 0.3 is 0 Å². The first-order chi connectivity index (χ1) is 14.6. The fourth-order valence-electron chi connectivity index (χ4n) is 3.97. The van der Waals surface area contributed by atoms with E-state index in [1.807, 2.05) is 72.3 Å². The van der Waals surface area contributed by atoms with E-state index in [9.17, 15) is 9.59 Å². The number of pyridine rings is 1. The SMILES string of the molecule is C[C@H](NC(=O)[C@H]1CCCN(C(=O)c2cccn2-c2cccnc2)C1)c1ccccc1. The summed E-state index contributed by atoms with van der Waals surface area (Å²) >= 11 is 0. The van der Waals surface area contributed by atoms with E-state index in [1.54, 1.807) is 17.3 Å². The lowest BCUT2D eigenvalue weighted by Gasteiger charge is -2.33. The first-order valence-electron chi connectivity index (χ1n) is 10.4. The standard InChI is InChI=1S/C24H26N4O2/c1-18(19-8-3-2-4-9-19)26-23(29)20-10-6-14-27(17-20)24(30)22-12-7-15-28(22)21-11-5-13-25-16-21/h2-5,7-9,11-13,15-16,18,20H,6,10,14,17H2,1H3,(H,26,29)/t18-,20-/m0/s1. The number of nitrogens with zero attached hydrogens (tertiary/aromatic N) is 3. The van der Waals surface area contributed by atoms with Crippen molar-refractivity contribution in [3.63, 3.8) is 0 Å². The quantitative estimate of drug-likeness (QED) is 0.709. The van der Waals surface area contributed by atoms with Gasteiger partial charge < -0.3 is 14.8 Å². The van der Waals surface area contributed by atoms with Gasteiger partial charge in [-0.25, -0.2) is 0 Å². The highest BCUT2D eigenvalue weighted by Gasteiger charge is 2.30. The Morgan fingerprint density at radius 1 is 1.10 bits per heavy atom. The van der Waals surface area contributed by atoms with Crippen LogP contribution in [0.15, 0.2) is 73.2 Å². The van der Waals surface area contributed by atoms with Crippen LogP contribution < -0.4 is 5.32 Å². The van der Waals surface area contributed by atoms with Crippen molar-refractivity contribution in [1.29, 1.82) is 0 Å². The molecule has 0 aliphatic carbocycles. The molecule has 4 rings (SSSR count). The number of rotatable bonds is 5. The molecular weight excluding hydrogens is 376 g/mol. The molecule has 0 unspecified atom stereocenters. The number of hydrogen-bond acceptors (Lipinski definition) is 3.